The first kappa shape index (κ1) is 23.4. The third kappa shape index (κ3) is 3.79. The number of carbonyl (C=O) groups excluding carboxylic acids is 1. The van der Waals surface area contributed by atoms with E-state index in [0.29, 0.717) is 31.1 Å². The van der Waals surface area contributed by atoms with Gasteiger partial charge in [-0.25, -0.2) is 0 Å². The molecule has 2 bridgehead atoms. The van der Waals surface area contributed by atoms with E-state index in [2.05, 4.69) is 50.5 Å². The molecule has 4 rings (SSSR count). The van der Waals surface area contributed by atoms with Gasteiger partial charge in [-0.1, -0.05) is 0 Å². The van der Waals surface area contributed by atoms with Crippen LogP contribution in [0.5, 0.6) is 11.5 Å². The molecule has 0 radical (unpaired) electrons. The monoisotopic (exact) mass is 444 g/mol. The van der Waals surface area contributed by atoms with Crippen LogP contribution in [-0.4, -0.2) is 43.4 Å². The second-order valence-corrected chi connectivity index (χ2v) is 10.6. The van der Waals surface area contributed by atoms with Gasteiger partial charge in [-0.15, -0.1) is 0 Å². The van der Waals surface area contributed by atoms with Gasteiger partial charge in [0, 0.05) is 31.0 Å². The largest absolute Gasteiger partial charge is 0.493 e. The Morgan fingerprint density at radius 2 is 1.97 bits per heavy atom. The number of rotatable bonds is 5. The number of hydrogen-bond donors (Lipinski definition) is 2. The smallest absolute Gasteiger partial charge is 0.217 e. The fourth-order valence-electron chi connectivity index (χ4n) is 6.98. The zero-order valence-corrected chi connectivity index (χ0v) is 20.7. The third-order valence-corrected chi connectivity index (χ3v) is 8.37. The van der Waals surface area contributed by atoms with E-state index in [1.54, 1.807) is 14.0 Å². The number of hydrogen-bond acceptors (Lipinski definition) is 5. The molecular weight excluding hydrogens is 404 g/mol. The fourth-order valence-corrected chi connectivity index (χ4v) is 6.98. The Kier molecular flexibility index (Phi) is 6.23. The predicted octanol–water partition coefficient (Wildman–Crippen LogP) is 4.15. The summed E-state index contributed by atoms with van der Waals surface area (Å²) >= 11 is 0. The summed E-state index contributed by atoms with van der Waals surface area (Å²) in [7, 11) is 1.68. The average molecular weight is 445 g/mol. The minimum atomic E-state index is -0.272. The number of nitrogens with one attached hydrogen (secondary N) is 2. The van der Waals surface area contributed by atoms with Crippen LogP contribution in [0.3, 0.4) is 0 Å². The van der Waals surface area contributed by atoms with E-state index in [1.807, 2.05) is 6.92 Å². The van der Waals surface area contributed by atoms with Gasteiger partial charge < -0.3 is 24.8 Å². The van der Waals surface area contributed by atoms with Crippen molar-refractivity contribution in [1.29, 1.82) is 0 Å². The number of carbonyl (C=O) groups is 1. The van der Waals surface area contributed by atoms with Gasteiger partial charge in [-0.2, -0.15) is 0 Å². The molecule has 1 aromatic rings. The second kappa shape index (κ2) is 8.53. The predicted molar refractivity (Wildman–Crippen MR) is 125 cm³/mol. The summed E-state index contributed by atoms with van der Waals surface area (Å²) in [5, 5.41) is 7.34. The molecule has 1 saturated carbocycles. The Morgan fingerprint density at radius 3 is 2.62 bits per heavy atom. The van der Waals surface area contributed by atoms with E-state index >= 15 is 0 Å². The van der Waals surface area contributed by atoms with E-state index in [0.717, 1.165) is 41.9 Å². The molecule has 1 amide bonds. The number of fused-ring (bicyclic) bond motifs is 4. The zero-order valence-electron chi connectivity index (χ0n) is 20.7. The number of amides is 1. The highest BCUT2D eigenvalue weighted by Crippen LogP contribution is 2.57. The molecule has 6 atom stereocenters. The standard InChI is InChI=1S/C26H40N2O4/c1-8-31-23-14-19(15(2)11-22(23)30-7)24-21-13-18-12-20(16(3)27-25(18,5)6)26(21,9-10-32-24)28-17(4)29/h11,14,16,18,20-21,24,27H,8-10,12-13H2,1-7H3,(H,28,29)/t16-,18?,20?,21+,24+,26+/m1/s1. The molecule has 2 N–H and O–H groups in total. The molecule has 178 valence electrons. The topological polar surface area (TPSA) is 68.8 Å². The molecule has 3 fully saturated rings. The summed E-state index contributed by atoms with van der Waals surface area (Å²) in [4.78, 5) is 12.5. The molecule has 2 unspecified atom stereocenters. The van der Waals surface area contributed by atoms with Crippen LogP contribution in [0.15, 0.2) is 12.1 Å². The molecule has 3 aliphatic rings. The molecule has 32 heavy (non-hydrogen) atoms. The minimum Gasteiger partial charge on any atom is -0.493 e. The van der Waals surface area contributed by atoms with Crippen LogP contribution >= 0.6 is 0 Å². The highest BCUT2D eigenvalue weighted by Gasteiger charge is 2.61. The molecule has 2 saturated heterocycles. The molecule has 2 heterocycles. The van der Waals surface area contributed by atoms with Gasteiger partial charge in [0.1, 0.15) is 0 Å². The van der Waals surface area contributed by atoms with Crippen molar-refractivity contribution in [1.82, 2.24) is 10.6 Å². The van der Waals surface area contributed by atoms with Crippen molar-refractivity contribution in [3.63, 3.8) is 0 Å². The van der Waals surface area contributed by atoms with E-state index in [9.17, 15) is 4.79 Å². The molecule has 6 nitrogen and oxygen atoms in total. The summed E-state index contributed by atoms with van der Waals surface area (Å²) in [6.07, 6.45) is 2.91. The molecule has 6 heteroatoms. The van der Waals surface area contributed by atoms with Crippen LogP contribution in [0.25, 0.3) is 0 Å². The van der Waals surface area contributed by atoms with Gasteiger partial charge in [-0.3, -0.25) is 4.79 Å². The Labute approximate surface area is 192 Å². The Balaban J connectivity index is 1.81. The third-order valence-electron chi connectivity index (χ3n) is 8.37. The van der Waals surface area contributed by atoms with Gasteiger partial charge in [0.05, 0.1) is 25.4 Å². The number of benzene rings is 1. The quantitative estimate of drug-likeness (QED) is 0.714. The van der Waals surface area contributed by atoms with Crippen LogP contribution in [-0.2, 0) is 9.53 Å². The summed E-state index contributed by atoms with van der Waals surface area (Å²) in [5.41, 5.74) is 2.07. The van der Waals surface area contributed by atoms with Crippen molar-refractivity contribution < 1.29 is 19.0 Å². The van der Waals surface area contributed by atoms with Crippen LogP contribution in [0.2, 0.25) is 0 Å². The molecule has 1 aliphatic carbocycles. The second-order valence-electron chi connectivity index (χ2n) is 10.6. The van der Waals surface area contributed by atoms with Crippen LogP contribution in [0.4, 0.5) is 0 Å². The van der Waals surface area contributed by atoms with Gasteiger partial charge >= 0.3 is 0 Å². The summed E-state index contributed by atoms with van der Waals surface area (Å²) in [5.74, 6) is 2.66. The van der Waals surface area contributed by atoms with Gasteiger partial charge in [-0.05, 0) is 89.0 Å². The van der Waals surface area contributed by atoms with Crippen LogP contribution in [0.1, 0.15) is 71.1 Å². The maximum Gasteiger partial charge on any atom is 0.217 e. The van der Waals surface area contributed by atoms with E-state index < -0.39 is 0 Å². The number of aryl methyl sites for hydroxylation is 1. The molecule has 0 spiro atoms. The molecule has 2 aliphatic heterocycles. The van der Waals surface area contributed by atoms with Crippen molar-refractivity contribution in [3.8, 4) is 11.5 Å². The lowest BCUT2D eigenvalue weighted by Gasteiger charge is -2.63. The van der Waals surface area contributed by atoms with Crippen molar-refractivity contribution in [2.75, 3.05) is 20.3 Å². The Hall–Kier alpha value is -1.79. The number of methoxy groups -OCH3 is 1. The van der Waals surface area contributed by atoms with E-state index in [-0.39, 0.29) is 29.0 Å². The maximum atomic E-state index is 12.5. The minimum absolute atomic E-state index is 0.0487. The first-order chi connectivity index (χ1) is 15.1. The number of ether oxygens (including phenoxy) is 3. The van der Waals surface area contributed by atoms with Crippen LogP contribution < -0.4 is 20.1 Å². The maximum absolute atomic E-state index is 12.5. The first-order valence-corrected chi connectivity index (χ1v) is 12.1. The lowest BCUT2D eigenvalue weighted by molar-refractivity contribution is -0.160. The Bertz CT molecular complexity index is 870. The van der Waals surface area contributed by atoms with E-state index in [1.165, 1.54) is 0 Å². The average Bonchev–Trinajstić information content (AvgIpc) is 2.72. The summed E-state index contributed by atoms with van der Waals surface area (Å²) in [6.45, 7) is 13.9. The molecule has 1 aromatic carbocycles. The summed E-state index contributed by atoms with van der Waals surface area (Å²) < 4.78 is 18.0. The van der Waals surface area contributed by atoms with Crippen molar-refractivity contribution in [2.45, 2.75) is 84.0 Å². The molecule has 0 aromatic heterocycles. The van der Waals surface area contributed by atoms with Gasteiger partial charge in [0.2, 0.25) is 5.91 Å². The summed E-state index contributed by atoms with van der Waals surface area (Å²) in [6, 6.07) is 4.48. The van der Waals surface area contributed by atoms with Gasteiger partial charge in [0.25, 0.3) is 0 Å². The van der Waals surface area contributed by atoms with Crippen molar-refractivity contribution in [3.05, 3.63) is 23.3 Å². The first-order valence-electron chi connectivity index (χ1n) is 12.1. The van der Waals surface area contributed by atoms with Crippen molar-refractivity contribution >= 4 is 5.91 Å². The Morgan fingerprint density at radius 1 is 1.25 bits per heavy atom. The van der Waals surface area contributed by atoms with E-state index in [4.69, 9.17) is 14.2 Å². The molecular formula is C26H40N2O4. The highest BCUT2D eigenvalue weighted by atomic mass is 16.5. The van der Waals surface area contributed by atoms with Crippen molar-refractivity contribution in [2.24, 2.45) is 17.8 Å². The fraction of sp³-hybridized carbons (Fsp3) is 0.731. The van der Waals surface area contributed by atoms with Crippen LogP contribution in [0, 0.1) is 24.7 Å². The number of piperidine rings is 1. The lowest BCUT2D eigenvalue weighted by Crippen LogP contribution is -2.73. The highest BCUT2D eigenvalue weighted by molar-refractivity contribution is 5.74. The lowest BCUT2D eigenvalue weighted by atomic mass is 9.52. The SMILES string of the molecule is CCOc1cc([C@@H]2OCC[C@]3(NC(C)=O)C4CC(C[C@@H]23)C(C)(C)N[C@@H]4C)c(C)cc1OC. The normalized spacial score (nSPS) is 35.5. The zero-order chi connectivity index (χ0) is 23.3. The van der Waals surface area contributed by atoms with Gasteiger partial charge in [0.15, 0.2) is 11.5 Å².